The Morgan fingerprint density at radius 2 is 1.71 bits per heavy atom. The van der Waals surface area contributed by atoms with Crippen LogP contribution >= 0.6 is 0 Å². The number of aliphatic hydroxyl groups is 2. The molecule has 5 nitrogen and oxygen atoms in total. The van der Waals surface area contributed by atoms with E-state index in [1.807, 2.05) is 30.3 Å². The van der Waals surface area contributed by atoms with Gasteiger partial charge < -0.3 is 24.4 Å². The van der Waals surface area contributed by atoms with Gasteiger partial charge in [0.15, 0.2) is 12.6 Å². The molecular formula is C12H14O5. The first-order valence-corrected chi connectivity index (χ1v) is 5.60. The van der Waals surface area contributed by atoms with E-state index in [9.17, 15) is 5.11 Å². The van der Waals surface area contributed by atoms with Crippen molar-refractivity contribution in [1.82, 2.24) is 0 Å². The Morgan fingerprint density at radius 1 is 1.00 bits per heavy atom. The Hall–Kier alpha value is -0.980. The lowest BCUT2D eigenvalue weighted by molar-refractivity contribution is -0.190. The van der Waals surface area contributed by atoms with Crippen LogP contribution in [0.1, 0.15) is 11.9 Å². The first-order valence-electron chi connectivity index (χ1n) is 5.60. The van der Waals surface area contributed by atoms with Crippen LogP contribution in [0.15, 0.2) is 30.3 Å². The van der Waals surface area contributed by atoms with Crippen molar-refractivity contribution >= 4 is 0 Å². The van der Waals surface area contributed by atoms with Crippen molar-refractivity contribution in [3.63, 3.8) is 0 Å². The molecule has 92 valence electrons. The number of fused-ring (bicyclic) bond motifs is 1. The van der Waals surface area contributed by atoms with Gasteiger partial charge in [-0.3, -0.25) is 0 Å². The van der Waals surface area contributed by atoms with Crippen molar-refractivity contribution in [2.24, 2.45) is 0 Å². The molecule has 2 N–H and O–H groups in total. The minimum atomic E-state index is -1.04. The van der Waals surface area contributed by atoms with Crippen LogP contribution < -0.4 is 0 Å². The number of hydrogen-bond acceptors (Lipinski definition) is 5. The lowest BCUT2D eigenvalue weighted by atomic mass is 10.1. The molecule has 5 atom stereocenters. The number of aliphatic hydroxyl groups excluding tert-OH is 2. The van der Waals surface area contributed by atoms with Gasteiger partial charge in [-0.1, -0.05) is 30.3 Å². The molecule has 2 heterocycles. The van der Waals surface area contributed by atoms with Crippen molar-refractivity contribution in [3.8, 4) is 0 Å². The number of ether oxygens (including phenoxy) is 3. The van der Waals surface area contributed by atoms with Gasteiger partial charge in [-0.25, -0.2) is 0 Å². The third-order valence-corrected chi connectivity index (χ3v) is 3.10. The highest BCUT2D eigenvalue weighted by Gasteiger charge is 2.52. The molecule has 17 heavy (non-hydrogen) atoms. The summed E-state index contributed by atoms with van der Waals surface area (Å²) < 4.78 is 16.4. The number of rotatable bonds is 2. The second kappa shape index (κ2) is 4.36. The Bertz CT molecular complexity index is 382. The third-order valence-electron chi connectivity index (χ3n) is 3.10. The summed E-state index contributed by atoms with van der Waals surface area (Å²) in [6.45, 7) is -0.191. The molecular weight excluding hydrogens is 224 g/mol. The molecule has 2 saturated heterocycles. The molecule has 5 unspecified atom stereocenters. The fraction of sp³-hybridized carbons (Fsp3) is 0.500. The van der Waals surface area contributed by atoms with Gasteiger partial charge in [-0.2, -0.15) is 0 Å². The largest absolute Gasteiger partial charge is 0.394 e. The molecule has 0 amide bonds. The average molecular weight is 238 g/mol. The van der Waals surface area contributed by atoms with E-state index in [1.54, 1.807) is 0 Å². The van der Waals surface area contributed by atoms with Crippen molar-refractivity contribution in [3.05, 3.63) is 35.9 Å². The summed E-state index contributed by atoms with van der Waals surface area (Å²) in [6.07, 6.45) is -3.01. The van der Waals surface area contributed by atoms with Crippen molar-refractivity contribution < 1.29 is 24.4 Å². The minimum absolute atomic E-state index is 0.191. The lowest BCUT2D eigenvalue weighted by Gasteiger charge is -2.16. The van der Waals surface area contributed by atoms with E-state index in [4.69, 9.17) is 19.3 Å². The summed E-state index contributed by atoms with van der Waals surface area (Å²) in [4.78, 5) is 0. The zero-order valence-electron chi connectivity index (χ0n) is 9.10. The zero-order chi connectivity index (χ0) is 11.8. The van der Waals surface area contributed by atoms with Crippen LogP contribution in [0, 0.1) is 0 Å². The molecule has 3 rings (SSSR count). The Balaban J connectivity index is 1.78. The minimum Gasteiger partial charge on any atom is -0.394 e. The molecule has 2 aliphatic heterocycles. The van der Waals surface area contributed by atoms with Gasteiger partial charge in [0, 0.05) is 5.56 Å². The summed E-state index contributed by atoms with van der Waals surface area (Å²) in [5, 5.41) is 18.7. The lowest BCUT2D eigenvalue weighted by Crippen LogP contribution is -2.31. The number of hydrogen-bond donors (Lipinski definition) is 2. The van der Waals surface area contributed by atoms with E-state index >= 15 is 0 Å². The molecule has 5 heteroatoms. The maximum absolute atomic E-state index is 9.63. The fourth-order valence-electron chi connectivity index (χ4n) is 2.25. The molecule has 0 bridgehead atoms. The van der Waals surface area contributed by atoms with Gasteiger partial charge >= 0.3 is 0 Å². The highest BCUT2D eigenvalue weighted by molar-refractivity contribution is 5.17. The summed E-state index contributed by atoms with van der Waals surface area (Å²) >= 11 is 0. The van der Waals surface area contributed by atoms with Gasteiger partial charge in [0.1, 0.15) is 18.3 Å². The maximum Gasteiger partial charge on any atom is 0.185 e. The predicted octanol–water partition coefficient (Wildman–Crippen LogP) is 0.179. The van der Waals surface area contributed by atoms with E-state index in [2.05, 4.69) is 0 Å². The van der Waals surface area contributed by atoms with Gasteiger partial charge in [-0.05, 0) is 0 Å². The Morgan fingerprint density at radius 3 is 2.41 bits per heavy atom. The van der Waals surface area contributed by atoms with Crippen molar-refractivity contribution in [2.45, 2.75) is 30.9 Å². The average Bonchev–Trinajstić information content (AvgIpc) is 2.92. The van der Waals surface area contributed by atoms with Gasteiger partial charge in [0.2, 0.25) is 0 Å². The Kier molecular flexibility index (Phi) is 2.85. The van der Waals surface area contributed by atoms with Crippen LogP contribution in [0.3, 0.4) is 0 Å². The second-order valence-corrected chi connectivity index (χ2v) is 4.19. The van der Waals surface area contributed by atoms with Crippen molar-refractivity contribution in [1.29, 1.82) is 0 Å². The topological polar surface area (TPSA) is 68.2 Å². The van der Waals surface area contributed by atoms with Crippen LogP contribution in [0.5, 0.6) is 0 Å². The van der Waals surface area contributed by atoms with E-state index in [1.165, 1.54) is 0 Å². The van der Waals surface area contributed by atoms with Crippen LogP contribution in [0.2, 0.25) is 0 Å². The standard InChI is InChI=1S/C12H14O5/c13-6-8-9-10(11(14)15-8)17-12(16-9)7-4-2-1-3-5-7/h1-5,8-14H,6H2. The molecule has 2 fully saturated rings. The van der Waals surface area contributed by atoms with E-state index in [0.29, 0.717) is 0 Å². The maximum atomic E-state index is 9.63. The van der Waals surface area contributed by atoms with E-state index in [-0.39, 0.29) is 6.61 Å². The van der Waals surface area contributed by atoms with Crippen LogP contribution in [0.4, 0.5) is 0 Å². The quantitative estimate of drug-likeness (QED) is 0.769. The summed E-state index contributed by atoms with van der Waals surface area (Å²) in [5.74, 6) is 0. The summed E-state index contributed by atoms with van der Waals surface area (Å²) in [6, 6.07) is 9.49. The molecule has 0 saturated carbocycles. The highest BCUT2D eigenvalue weighted by Crippen LogP contribution is 2.39. The Labute approximate surface area is 98.5 Å². The molecule has 1 aromatic carbocycles. The van der Waals surface area contributed by atoms with Crippen LogP contribution in [-0.2, 0) is 14.2 Å². The fourth-order valence-corrected chi connectivity index (χ4v) is 2.25. The normalized spacial score (nSPS) is 40.5. The third kappa shape index (κ3) is 1.86. The first kappa shape index (κ1) is 11.1. The molecule has 0 aliphatic carbocycles. The zero-order valence-corrected chi connectivity index (χ0v) is 9.10. The SMILES string of the molecule is OCC1OC(O)C2OC(c3ccccc3)OC12. The second-order valence-electron chi connectivity index (χ2n) is 4.19. The first-order chi connectivity index (χ1) is 8.29. The van der Waals surface area contributed by atoms with Gasteiger partial charge in [0.05, 0.1) is 6.61 Å². The van der Waals surface area contributed by atoms with Crippen molar-refractivity contribution in [2.75, 3.05) is 6.61 Å². The molecule has 1 aromatic rings. The summed E-state index contributed by atoms with van der Waals surface area (Å²) in [7, 11) is 0. The smallest absolute Gasteiger partial charge is 0.185 e. The predicted molar refractivity (Wildman–Crippen MR) is 56.9 cm³/mol. The highest BCUT2D eigenvalue weighted by atomic mass is 16.8. The van der Waals surface area contributed by atoms with E-state index < -0.39 is 30.9 Å². The van der Waals surface area contributed by atoms with Gasteiger partial charge in [0.25, 0.3) is 0 Å². The molecule has 0 aromatic heterocycles. The monoisotopic (exact) mass is 238 g/mol. The van der Waals surface area contributed by atoms with Crippen LogP contribution in [-0.4, -0.2) is 41.4 Å². The molecule has 0 spiro atoms. The summed E-state index contributed by atoms with van der Waals surface area (Å²) in [5.41, 5.74) is 0.894. The van der Waals surface area contributed by atoms with Crippen LogP contribution in [0.25, 0.3) is 0 Å². The number of benzene rings is 1. The molecule has 0 radical (unpaired) electrons. The van der Waals surface area contributed by atoms with Gasteiger partial charge in [-0.15, -0.1) is 0 Å². The van der Waals surface area contributed by atoms with E-state index in [0.717, 1.165) is 5.56 Å². The molecule has 2 aliphatic rings.